The number of unbranched alkanes of at least 4 members (excludes halogenated alkanes) is 1. The van der Waals surface area contributed by atoms with Crippen LogP contribution in [0.3, 0.4) is 0 Å². The van der Waals surface area contributed by atoms with Crippen LogP contribution in [0, 0.1) is 0 Å². The molecule has 1 amide bonds. The highest BCUT2D eigenvalue weighted by Gasteiger charge is 2.26. The van der Waals surface area contributed by atoms with Crippen LogP contribution in [0.2, 0.25) is 0 Å². The van der Waals surface area contributed by atoms with Crippen molar-refractivity contribution in [2.24, 2.45) is 0 Å². The smallest absolute Gasteiger partial charge is 0.358 e. The summed E-state index contributed by atoms with van der Waals surface area (Å²) >= 11 is 6.74. The Morgan fingerprint density at radius 2 is 2.11 bits per heavy atom. The van der Waals surface area contributed by atoms with Crippen LogP contribution in [0.15, 0.2) is 30.3 Å². The van der Waals surface area contributed by atoms with Crippen LogP contribution in [-0.2, 0) is 4.57 Å². The molecule has 0 saturated heterocycles. The molecule has 4 nitrogen and oxygen atoms in total. The lowest BCUT2D eigenvalue weighted by Crippen LogP contribution is -2.19. The van der Waals surface area contributed by atoms with Gasteiger partial charge in [-0.3, -0.25) is 14.4 Å². The number of hydrogen-bond acceptors (Lipinski definition) is 4. The van der Waals surface area contributed by atoms with Gasteiger partial charge in [0, 0.05) is 5.75 Å². The first kappa shape index (κ1) is 16.4. The zero-order valence-electron chi connectivity index (χ0n) is 10.7. The minimum atomic E-state index is -3.38. The number of halogens is 1. The van der Waals surface area contributed by atoms with Crippen LogP contribution in [0.5, 0.6) is 5.75 Å². The third kappa shape index (κ3) is 6.37. The predicted molar refractivity (Wildman–Crippen MR) is 81.3 cm³/mol. The summed E-state index contributed by atoms with van der Waals surface area (Å²) in [6.07, 6.45) is 1.94. The Labute approximate surface area is 122 Å². The quantitative estimate of drug-likeness (QED) is 0.449. The molecule has 0 heterocycles. The van der Waals surface area contributed by atoms with Crippen LogP contribution in [0.1, 0.15) is 19.8 Å². The SMILES string of the molecule is CCCCSC(=O)NP(=O)(CCl)Oc1ccccc1. The van der Waals surface area contributed by atoms with E-state index >= 15 is 0 Å². The molecule has 1 rings (SSSR count). The maximum absolute atomic E-state index is 12.3. The Kier molecular flexibility index (Phi) is 7.36. The van der Waals surface area contributed by atoms with Crippen molar-refractivity contribution in [1.82, 2.24) is 5.09 Å². The first-order valence-corrected chi connectivity index (χ1v) is 9.27. The van der Waals surface area contributed by atoms with E-state index in [9.17, 15) is 9.36 Å². The van der Waals surface area contributed by atoms with Gasteiger partial charge in [0.15, 0.2) is 0 Å². The summed E-state index contributed by atoms with van der Waals surface area (Å²) < 4.78 is 17.6. The van der Waals surface area contributed by atoms with Crippen molar-refractivity contribution in [2.75, 3.05) is 11.4 Å². The van der Waals surface area contributed by atoms with E-state index in [1.807, 2.05) is 13.0 Å². The second-order valence-electron chi connectivity index (χ2n) is 3.80. The Morgan fingerprint density at radius 3 is 2.68 bits per heavy atom. The molecule has 0 radical (unpaired) electrons. The van der Waals surface area contributed by atoms with Crippen LogP contribution in [-0.4, -0.2) is 16.6 Å². The summed E-state index contributed by atoms with van der Waals surface area (Å²) in [5.41, 5.74) is -0.262. The number of rotatable bonds is 7. The summed E-state index contributed by atoms with van der Waals surface area (Å²) in [4.78, 5) is 11.6. The van der Waals surface area contributed by atoms with Crippen molar-refractivity contribution in [1.29, 1.82) is 0 Å². The average molecular weight is 322 g/mol. The molecule has 1 aromatic rings. The van der Waals surface area contributed by atoms with Gasteiger partial charge in [0.1, 0.15) is 11.4 Å². The summed E-state index contributed by atoms with van der Waals surface area (Å²) in [6, 6.07) is 8.65. The van der Waals surface area contributed by atoms with Crippen molar-refractivity contribution >= 4 is 36.1 Å². The van der Waals surface area contributed by atoms with Crippen molar-refractivity contribution in [2.45, 2.75) is 19.8 Å². The standard InChI is InChI=1S/C12H17ClNO3PS/c1-2-3-9-19-12(15)14-18(16,10-13)17-11-7-5-4-6-8-11/h4-8H,2-3,9-10H2,1H3,(H,14,15,16). The Balaban J connectivity index is 2.55. The van der Waals surface area contributed by atoms with Crippen molar-refractivity contribution in [3.63, 3.8) is 0 Å². The van der Waals surface area contributed by atoms with Gasteiger partial charge in [0.2, 0.25) is 0 Å². The van der Waals surface area contributed by atoms with Crippen molar-refractivity contribution in [3.8, 4) is 5.75 Å². The number of carbonyl (C=O) groups excluding carboxylic acids is 1. The lowest BCUT2D eigenvalue weighted by molar-refractivity contribution is 0.264. The molecule has 1 aromatic carbocycles. The molecule has 0 fully saturated rings. The predicted octanol–water partition coefficient (Wildman–Crippen LogP) is 4.70. The van der Waals surface area contributed by atoms with Crippen LogP contribution >= 0.6 is 30.9 Å². The molecule has 0 saturated carbocycles. The fourth-order valence-corrected chi connectivity index (χ4v) is 3.72. The second-order valence-corrected chi connectivity index (χ2v) is 7.58. The number of hydrogen-bond donors (Lipinski definition) is 1. The van der Waals surface area contributed by atoms with Gasteiger partial charge in [-0.05, 0) is 18.6 Å². The molecule has 7 heteroatoms. The van der Waals surface area contributed by atoms with Gasteiger partial charge in [-0.2, -0.15) is 0 Å². The van der Waals surface area contributed by atoms with Gasteiger partial charge in [0.05, 0.1) is 0 Å². The summed E-state index contributed by atoms with van der Waals surface area (Å²) in [6.45, 7) is 2.04. The third-order valence-electron chi connectivity index (χ3n) is 2.15. The van der Waals surface area contributed by atoms with Gasteiger partial charge >= 0.3 is 7.52 Å². The summed E-state index contributed by atoms with van der Waals surface area (Å²) in [5, 5.41) is 2.01. The molecule has 0 aliphatic heterocycles. The molecule has 0 aliphatic carbocycles. The van der Waals surface area contributed by atoms with Crippen molar-refractivity contribution in [3.05, 3.63) is 30.3 Å². The minimum Gasteiger partial charge on any atom is -0.428 e. The van der Waals surface area contributed by atoms with Gasteiger partial charge in [-0.25, -0.2) is 0 Å². The van der Waals surface area contributed by atoms with Crippen LogP contribution < -0.4 is 9.61 Å². The number of carbonyl (C=O) groups is 1. The van der Waals surface area contributed by atoms with Gasteiger partial charge in [-0.15, -0.1) is 11.6 Å². The fraction of sp³-hybridized carbons (Fsp3) is 0.417. The number of benzene rings is 1. The summed E-state index contributed by atoms with van der Waals surface area (Å²) in [5.74, 6) is 1.11. The Bertz CT molecular complexity index is 444. The molecule has 1 N–H and O–H groups in total. The first-order chi connectivity index (χ1) is 9.09. The van der Waals surface area contributed by atoms with E-state index in [0.717, 1.165) is 24.6 Å². The molecule has 19 heavy (non-hydrogen) atoms. The minimum absolute atomic E-state index is 0.262. The molecule has 1 unspecified atom stereocenters. The van der Waals surface area contributed by atoms with Gasteiger partial charge in [0.25, 0.3) is 5.24 Å². The molecule has 1 atom stereocenters. The van der Waals surface area contributed by atoms with Gasteiger partial charge < -0.3 is 4.52 Å². The number of amides is 1. The van der Waals surface area contributed by atoms with E-state index in [0.29, 0.717) is 11.5 Å². The third-order valence-corrected chi connectivity index (χ3v) is 5.46. The van der Waals surface area contributed by atoms with Crippen molar-refractivity contribution < 1.29 is 13.9 Å². The highest BCUT2D eigenvalue weighted by atomic mass is 35.5. The zero-order valence-corrected chi connectivity index (χ0v) is 13.1. The Morgan fingerprint density at radius 1 is 1.42 bits per heavy atom. The maximum atomic E-state index is 12.3. The monoisotopic (exact) mass is 321 g/mol. The lowest BCUT2D eigenvalue weighted by Gasteiger charge is -2.17. The molecule has 0 aliphatic rings. The average Bonchev–Trinajstić information content (AvgIpc) is 2.40. The van der Waals surface area contributed by atoms with Crippen LogP contribution in [0.25, 0.3) is 0 Å². The molecular formula is C12H17ClNO3PS. The Hall–Kier alpha value is -0.640. The molecule has 0 spiro atoms. The van der Waals surface area contributed by atoms with E-state index in [2.05, 4.69) is 5.09 Å². The number of thioether (sulfide) groups is 1. The van der Waals surface area contributed by atoms with Gasteiger partial charge in [-0.1, -0.05) is 43.3 Å². The van der Waals surface area contributed by atoms with E-state index in [-0.39, 0.29) is 10.9 Å². The second kappa shape index (κ2) is 8.51. The highest BCUT2D eigenvalue weighted by Crippen LogP contribution is 2.44. The number of nitrogens with one attached hydrogen (secondary N) is 1. The first-order valence-electron chi connectivity index (χ1n) is 5.94. The van der Waals surface area contributed by atoms with E-state index in [1.54, 1.807) is 24.3 Å². The number of alkyl halides is 1. The van der Waals surface area contributed by atoms with E-state index in [4.69, 9.17) is 16.1 Å². The molecular weight excluding hydrogens is 305 g/mol. The number of para-hydroxylation sites is 1. The van der Waals surface area contributed by atoms with Crippen LogP contribution in [0.4, 0.5) is 4.79 Å². The summed E-state index contributed by atoms with van der Waals surface area (Å²) in [7, 11) is -3.38. The zero-order chi connectivity index (χ0) is 14.1. The molecule has 106 valence electrons. The highest BCUT2D eigenvalue weighted by molar-refractivity contribution is 8.14. The largest absolute Gasteiger partial charge is 0.428 e. The van der Waals surface area contributed by atoms with E-state index in [1.165, 1.54) is 0 Å². The molecule has 0 bridgehead atoms. The fourth-order valence-electron chi connectivity index (χ4n) is 1.21. The topological polar surface area (TPSA) is 55.4 Å². The lowest BCUT2D eigenvalue weighted by atomic mass is 10.3. The van der Waals surface area contributed by atoms with E-state index < -0.39 is 7.52 Å². The molecule has 0 aromatic heterocycles. The maximum Gasteiger partial charge on any atom is 0.358 e. The normalized spacial score (nSPS) is 13.6.